The van der Waals surface area contributed by atoms with E-state index >= 15 is 0 Å². The molecule has 0 atom stereocenters. The van der Waals surface area contributed by atoms with Crippen LogP contribution in [0.2, 0.25) is 0 Å². The molecule has 5 heteroatoms. The van der Waals surface area contributed by atoms with Crippen molar-refractivity contribution >= 4 is 11.7 Å². The third-order valence-corrected chi connectivity index (χ3v) is 4.37. The molecule has 1 saturated heterocycles. The van der Waals surface area contributed by atoms with Crippen LogP contribution in [0.4, 0.5) is 5.82 Å². The fourth-order valence-corrected chi connectivity index (χ4v) is 3.06. The number of carbonyl (C=O) groups is 1. The van der Waals surface area contributed by atoms with Gasteiger partial charge in [0.05, 0.1) is 25.5 Å². The number of ether oxygens (including phenoxy) is 1. The molecule has 1 N–H and O–H groups in total. The number of amides is 1. The number of nitrogens with one attached hydrogen (secondary N) is 1. The van der Waals surface area contributed by atoms with Crippen LogP contribution in [0.15, 0.2) is 29.8 Å². The lowest BCUT2D eigenvalue weighted by atomic mass is 9.97. The molecule has 0 unspecified atom stereocenters. The smallest absolute Gasteiger partial charge is 0.224 e. The van der Waals surface area contributed by atoms with Gasteiger partial charge in [-0.3, -0.25) is 4.79 Å². The molecule has 1 aliphatic carbocycles. The van der Waals surface area contributed by atoms with Crippen molar-refractivity contribution in [3.8, 4) is 0 Å². The topological polar surface area (TPSA) is 54.5 Å². The van der Waals surface area contributed by atoms with Crippen LogP contribution in [0.3, 0.4) is 0 Å². The molecule has 0 saturated carbocycles. The Bertz CT molecular complexity index is 565. The number of allylic oxidation sites excluding steroid dienone is 1. The molecule has 1 aliphatic heterocycles. The minimum atomic E-state index is 0.0942. The minimum absolute atomic E-state index is 0.0942. The van der Waals surface area contributed by atoms with Gasteiger partial charge in [-0.1, -0.05) is 17.7 Å². The van der Waals surface area contributed by atoms with Crippen LogP contribution in [0.1, 0.15) is 37.8 Å². The first-order valence-electron chi connectivity index (χ1n) is 8.54. The molecule has 5 nitrogen and oxygen atoms in total. The van der Waals surface area contributed by atoms with E-state index in [9.17, 15) is 4.79 Å². The van der Waals surface area contributed by atoms with Crippen LogP contribution in [-0.2, 0) is 16.1 Å². The molecule has 0 aromatic carbocycles. The molecule has 2 aliphatic rings. The molecular weight excluding hydrogens is 290 g/mol. The first-order valence-corrected chi connectivity index (χ1v) is 8.54. The maximum absolute atomic E-state index is 12.1. The second-order valence-corrected chi connectivity index (χ2v) is 6.15. The third-order valence-electron chi connectivity index (χ3n) is 4.37. The van der Waals surface area contributed by atoms with Gasteiger partial charge in [0.25, 0.3) is 0 Å². The Morgan fingerprint density at radius 2 is 2.13 bits per heavy atom. The van der Waals surface area contributed by atoms with E-state index in [0.29, 0.717) is 13.0 Å². The zero-order chi connectivity index (χ0) is 15.9. The highest BCUT2D eigenvalue weighted by molar-refractivity contribution is 5.78. The van der Waals surface area contributed by atoms with E-state index < -0.39 is 0 Å². The molecule has 1 aromatic heterocycles. The maximum atomic E-state index is 12.1. The summed E-state index contributed by atoms with van der Waals surface area (Å²) in [6.45, 7) is 3.73. The minimum Gasteiger partial charge on any atom is -0.378 e. The summed E-state index contributed by atoms with van der Waals surface area (Å²) in [5.74, 6) is 1.06. The highest BCUT2D eigenvalue weighted by Crippen LogP contribution is 2.20. The molecule has 2 heterocycles. The predicted molar refractivity (Wildman–Crippen MR) is 90.3 cm³/mol. The molecule has 124 valence electrons. The van der Waals surface area contributed by atoms with E-state index in [4.69, 9.17) is 4.74 Å². The van der Waals surface area contributed by atoms with Crippen molar-refractivity contribution in [3.05, 3.63) is 35.5 Å². The van der Waals surface area contributed by atoms with E-state index in [1.807, 2.05) is 18.2 Å². The van der Waals surface area contributed by atoms with Crippen LogP contribution < -0.4 is 10.2 Å². The number of pyridine rings is 1. The lowest BCUT2D eigenvalue weighted by Crippen LogP contribution is -2.37. The zero-order valence-electron chi connectivity index (χ0n) is 13.6. The van der Waals surface area contributed by atoms with Gasteiger partial charge in [0, 0.05) is 19.5 Å². The van der Waals surface area contributed by atoms with E-state index in [1.165, 1.54) is 18.4 Å². The molecule has 0 spiro atoms. The molecule has 0 bridgehead atoms. The average molecular weight is 315 g/mol. The van der Waals surface area contributed by atoms with Gasteiger partial charge < -0.3 is 15.0 Å². The van der Waals surface area contributed by atoms with Crippen molar-refractivity contribution in [1.29, 1.82) is 0 Å². The van der Waals surface area contributed by atoms with Crippen LogP contribution in [0.5, 0.6) is 0 Å². The van der Waals surface area contributed by atoms with Gasteiger partial charge in [-0.05, 0) is 37.8 Å². The maximum Gasteiger partial charge on any atom is 0.224 e. The van der Waals surface area contributed by atoms with Crippen molar-refractivity contribution in [2.45, 2.75) is 38.6 Å². The second kappa shape index (κ2) is 8.11. The monoisotopic (exact) mass is 315 g/mol. The molecule has 3 rings (SSSR count). The van der Waals surface area contributed by atoms with Crippen LogP contribution >= 0.6 is 0 Å². The Morgan fingerprint density at radius 3 is 2.91 bits per heavy atom. The van der Waals surface area contributed by atoms with E-state index in [2.05, 4.69) is 21.3 Å². The Kier molecular flexibility index (Phi) is 5.64. The summed E-state index contributed by atoms with van der Waals surface area (Å²) >= 11 is 0. The van der Waals surface area contributed by atoms with Crippen molar-refractivity contribution in [3.63, 3.8) is 0 Å². The molecular formula is C18H25N3O2. The Labute approximate surface area is 137 Å². The standard InChI is InChI=1S/C18H25N3O2/c22-18(13-15-5-2-1-3-6-15)19-14-16-7-4-8-17(20-16)21-9-11-23-12-10-21/h4-5,7-8H,1-3,6,9-14H2,(H,19,22). The number of rotatable bonds is 5. The number of nitrogens with zero attached hydrogens (tertiary/aromatic N) is 2. The van der Waals surface area contributed by atoms with Crippen molar-refractivity contribution in [2.24, 2.45) is 0 Å². The highest BCUT2D eigenvalue weighted by atomic mass is 16.5. The van der Waals surface area contributed by atoms with Gasteiger partial charge in [-0.15, -0.1) is 0 Å². The first kappa shape index (κ1) is 16.0. The van der Waals surface area contributed by atoms with Gasteiger partial charge >= 0.3 is 0 Å². The van der Waals surface area contributed by atoms with Gasteiger partial charge in [0.2, 0.25) is 5.91 Å². The predicted octanol–water partition coefficient (Wildman–Crippen LogP) is 2.42. The number of carbonyl (C=O) groups excluding carboxylic acids is 1. The Hall–Kier alpha value is -1.88. The average Bonchev–Trinajstić information content (AvgIpc) is 2.62. The second-order valence-electron chi connectivity index (χ2n) is 6.15. The lowest BCUT2D eigenvalue weighted by molar-refractivity contribution is -0.120. The number of hydrogen-bond donors (Lipinski definition) is 1. The van der Waals surface area contributed by atoms with Gasteiger partial charge in [0.1, 0.15) is 5.82 Å². The summed E-state index contributed by atoms with van der Waals surface area (Å²) in [5.41, 5.74) is 2.18. The Morgan fingerprint density at radius 1 is 1.26 bits per heavy atom. The quantitative estimate of drug-likeness (QED) is 0.848. The fourth-order valence-electron chi connectivity index (χ4n) is 3.06. The molecule has 1 fully saturated rings. The summed E-state index contributed by atoms with van der Waals surface area (Å²) in [7, 11) is 0. The normalized spacial score (nSPS) is 18.4. The lowest BCUT2D eigenvalue weighted by Gasteiger charge is -2.28. The summed E-state index contributed by atoms with van der Waals surface area (Å²) in [4.78, 5) is 18.9. The SMILES string of the molecule is O=C(CC1=CCCCC1)NCc1cccc(N2CCOCC2)n1. The summed E-state index contributed by atoms with van der Waals surface area (Å²) < 4.78 is 5.37. The van der Waals surface area contributed by atoms with Crippen molar-refractivity contribution in [1.82, 2.24) is 10.3 Å². The molecule has 1 amide bonds. The molecule has 1 aromatic rings. The largest absolute Gasteiger partial charge is 0.378 e. The summed E-state index contributed by atoms with van der Waals surface area (Å²) in [6.07, 6.45) is 7.40. The summed E-state index contributed by atoms with van der Waals surface area (Å²) in [6, 6.07) is 5.98. The first-order chi connectivity index (χ1) is 11.3. The van der Waals surface area contributed by atoms with Crippen LogP contribution in [-0.4, -0.2) is 37.2 Å². The highest BCUT2D eigenvalue weighted by Gasteiger charge is 2.13. The van der Waals surface area contributed by atoms with Crippen molar-refractivity contribution < 1.29 is 9.53 Å². The number of morpholine rings is 1. The van der Waals surface area contributed by atoms with E-state index in [1.54, 1.807) is 0 Å². The van der Waals surface area contributed by atoms with E-state index in [0.717, 1.165) is 50.7 Å². The number of aromatic nitrogens is 1. The third kappa shape index (κ3) is 4.79. The summed E-state index contributed by atoms with van der Waals surface area (Å²) in [5, 5.41) is 2.99. The number of anilines is 1. The number of hydrogen-bond acceptors (Lipinski definition) is 4. The van der Waals surface area contributed by atoms with Crippen molar-refractivity contribution in [2.75, 3.05) is 31.2 Å². The Balaban J connectivity index is 1.51. The molecule has 23 heavy (non-hydrogen) atoms. The molecule has 0 radical (unpaired) electrons. The van der Waals surface area contributed by atoms with Gasteiger partial charge in [0.15, 0.2) is 0 Å². The fraction of sp³-hybridized carbons (Fsp3) is 0.556. The zero-order valence-corrected chi connectivity index (χ0v) is 13.6. The van der Waals surface area contributed by atoms with Gasteiger partial charge in [-0.2, -0.15) is 0 Å². The van der Waals surface area contributed by atoms with E-state index in [-0.39, 0.29) is 5.91 Å². The van der Waals surface area contributed by atoms with Crippen LogP contribution in [0, 0.1) is 0 Å². The van der Waals surface area contributed by atoms with Crippen LogP contribution in [0.25, 0.3) is 0 Å². The van der Waals surface area contributed by atoms with Gasteiger partial charge in [-0.25, -0.2) is 4.98 Å².